The molecule has 0 radical (unpaired) electrons. The number of halogens is 3. The minimum Gasteiger partial charge on any atom is -0.505 e. The number of thiophene rings is 1. The number of nitrogens with zero attached hydrogens (tertiary/aromatic N) is 2. The Kier molecular flexibility index (Phi) is 3.96. The number of phenols is 1. The standard InChI is InChI=1S/C12H6Br2ClN3O2S/c13-7-2-6(15)3-8(10(7)19)18-12(20)16-11(17-18)5-1-9(14)21-4-5/h1-4,19H,(H,16,17,20). The van der Waals surface area contributed by atoms with Crippen LogP contribution in [0.2, 0.25) is 5.02 Å². The molecule has 2 aromatic heterocycles. The summed E-state index contributed by atoms with van der Waals surface area (Å²) in [5.41, 5.74) is 0.524. The molecule has 1 aromatic carbocycles. The Morgan fingerprint density at radius 2 is 2.10 bits per heavy atom. The van der Waals surface area contributed by atoms with E-state index in [0.29, 0.717) is 15.3 Å². The van der Waals surface area contributed by atoms with Crippen LogP contribution in [-0.4, -0.2) is 19.9 Å². The molecule has 0 saturated carbocycles. The van der Waals surface area contributed by atoms with E-state index in [1.165, 1.54) is 23.5 Å². The molecule has 21 heavy (non-hydrogen) atoms. The van der Waals surface area contributed by atoms with Crippen molar-refractivity contribution < 1.29 is 5.11 Å². The molecule has 9 heteroatoms. The van der Waals surface area contributed by atoms with Crippen LogP contribution in [0.15, 0.2) is 36.6 Å². The predicted octanol–water partition coefficient (Wildman–Crippen LogP) is 4.17. The number of aromatic nitrogens is 3. The number of nitrogens with one attached hydrogen (secondary N) is 1. The molecule has 3 rings (SSSR count). The van der Waals surface area contributed by atoms with Gasteiger partial charge in [0.1, 0.15) is 5.69 Å². The van der Waals surface area contributed by atoms with Gasteiger partial charge in [-0.2, -0.15) is 4.68 Å². The van der Waals surface area contributed by atoms with E-state index in [-0.39, 0.29) is 11.4 Å². The number of aromatic amines is 1. The van der Waals surface area contributed by atoms with Gasteiger partial charge >= 0.3 is 5.69 Å². The zero-order valence-corrected chi connectivity index (χ0v) is 14.8. The molecule has 108 valence electrons. The second kappa shape index (κ2) is 5.60. The number of aromatic hydroxyl groups is 1. The molecule has 0 unspecified atom stereocenters. The van der Waals surface area contributed by atoms with Crippen LogP contribution in [-0.2, 0) is 0 Å². The molecular formula is C12H6Br2ClN3O2S. The SMILES string of the molecule is O=c1[nH]c(-c2csc(Br)c2)nn1-c1cc(Cl)cc(Br)c1O. The van der Waals surface area contributed by atoms with Crippen molar-refractivity contribution in [1.29, 1.82) is 0 Å². The van der Waals surface area contributed by atoms with Gasteiger partial charge in [-0.3, -0.25) is 4.98 Å². The second-order valence-corrected chi connectivity index (χ2v) is 7.67. The van der Waals surface area contributed by atoms with Crippen LogP contribution in [0.25, 0.3) is 17.1 Å². The van der Waals surface area contributed by atoms with Gasteiger partial charge in [0.2, 0.25) is 0 Å². The minimum atomic E-state index is -0.461. The van der Waals surface area contributed by atoms with Crippen molar-refractivity contribution in [2.24, 2.45) is 0 Å². The van der Waals surface area contributed by atoms with Gasteiger partial charge in [0.15, 0.2) is 11.6 Å². The monoisotopic (exact) mass is 449 g/mol. The Morgan fingerprint density at radius 1 is 1.33 bits per heavy atom. The normalized spacial score (nSPS) is 11.0. The molecular weight excluding hydrogens is 445 g/mol. The Balaban J connectivity index is 2.17. The molecule has 0 fully saturated rings. The van der Waals surface area contributed by atoms with Crippen LogP contribution < -0.4 is 5.69 Å². The molecule has 0 atom stereocenters. The first-order chi connectivity index (χ1) is 9.95. The molecule has 0 aliphatic heterocycles. The van der Waals surface area contributed by atoms with Gasteiger partial charge in [-0.25, -0.2) is 4.79 Å². The Morgan fingerprint density at radius 3 is 2.76 bits per heavy atom. The zero-order valence-electron chi connectivity index (χ0n) is 10.1. The van der Waals surface area contributed by atoms with Crippen molar-refractivity contribution in [3.05, 3.63) is 47.3 Å². The highest BCUT2D eigenvalue weighted by Gasteiger charge is 2.15. The Hall–Kier alpha value is -1.09. The zero-order chi connectivity index (χ0) is 15.1. The third-order valence-electron chi connectivity index (χ3n) is 2.69. The minimum absolute atomic E-state index is 0.106. The molecule has 0 spiro atoms. The molecule has 5 nitrogen and oxygen atoms in total. The Bertz CT molecular complexity index is 887. The van der Waals surface area contributed by atoms with Crippen LogP contribution in [0.1, 0.15) is 0 Å². The fourth-order valence-electron chi connectivity index (χ4n) is 1.77. The third-order valence-corrected chi connectivity index (χ3v) is 5.02. The molecule has 0 saturated heterocycles. The largest absolute Gasteiger partial charge is 0.505 e. The first-order valence-electron chi connectivity index (χ1n) is 5.58. The third kappa shape index (κ3) is 2.80. The summed E-state index contributed by atoms with van der Waals surface area (Å²) in [6.45, 7) is 0. The summed E-state index contributed by atoms with van der Waals surface area (Å²) in [5, 5.41) is 16.5. The number of hydrogen-bond donors (Lipinski definition) is 2. The van der Waals surface area contributed by atoms with Crippen LogP contribution >= 0.6 is 54.8 Å². The van der Waals surface area contributed by atoms with Crippen molar-refractivity contribution in [2.45, 2.75) is 0 Å². The quantitative estimate of drug-likeness (QED) is 0.614. The number of phenolic OH excluding ortho intramolecular Hbond substituents is 1. The lowest BCUT2D eigenvalue weighted by atomic mass is 10.3. The maximum Gasteiger partial charge on any atom is 0.348 e. The van der Waals surface area contributed by atoms with E-state index in [9.17, 15) is 9.90 Å². The smallest absolute Gasteiger partial charge is 0.348 e. The van der Waals surface area contributed by atoms with Gasteiger partial charge in [0, 0.05) is 16.0 Å². The van der Waals surface area contributed by atoms with Crippen molar-refractivity contribution in [2.75, 3.05) is 0 Å². The van der Waals surface area contributed by atoms with Crippen molar-refractivity contribution in [3.63, 3.8) is 0 Å². The van der Waals surface area contributed by atoms with Crippen LogP contribution in [0.4, 0.5) is 0 Å². The summed E-state index contributed by atoms with van der Waals surface area (Å²) in [5.74, 6) is 0.309. The summed E-state index contributed by atoms with van der Waals surface area (Å²) in [6.07, 6.45) is 0. The van der Waals surface area contributed by atoms with Crippen molar-refractivity contribution in [1.82, 2.24) is 14.8 Å². The van der Waals surface area contributed by atoms with Crippen molar-refractivity contribution >= 4 is 54.8 Å². The Labute approximate surface area is 144 Å². The summed E-state index contributed by atoms with van der Waals surface area (Å²) < 4.78 is 2.40. The molecule has 3 aromatic rings. The van der Waals surface area contributed by atoms with Crippen molar-refractivity contribution in [3.8, 4) is 22.8 Å². The van der Waals surface area contributed by atoms with E-state index in [4.69, 9.17) is 11.6 Å². The summed E-state index contributed by atoms with van der Waals surface area (Å²) in [4.78, 5) is 14.7. The second-order valence-electron chi connectivity index (χ2n) is 4.09. The molecule has 0 bridgehead atoms. The molecule has 0 aliphatic carbocycles. The lowest BCUT2D eigenvalue weighted by molar-refractivity contribution is 0.466. The van der Waals surface area contributed by atoms with Gasteiger partial charge in [-0.1, -0.05) is 11.6 Å². The van der Waals surface area contributed by atoms with Gasteiger partial charge in [0.05, 0.1) is 8.26 Å². The van der Waals surface area contributed by atoms with E-state index in [1.54, 1.807) is 0 Å². The van der Waals surface area contributed by atoms with E-state index in [0.717, 1.165) is 14.0 Å². The number of benzene rings is 1. The fourth-order valence-corrected chi connectivity index (χ4v) is 3.70. The molecule has 2 heterocycles. The van der Waals surface area contributed by atoms with Crippen LogP contribution in [0.5, 0.6) is 5.75 Å². The lowest BCUT2D eigenvalue weighted by Crippen LogP contribution is -2.16. The average Bonchev–Trinajstić information content (AvgIpc) is 3.00. The maximum absolute atomic E-state index is 12.1. The van der Waals surface area contributed by atoms with Crippen LogP contribution in [0, 0.1) is 0 Å². The first kappa shape index (κ1) is 14.8. The van der Waals surface area contributed by atoms with Gasteiger partial charge in [-0.05, 0) is 50.1 Å². The highest BCUT2D eigenvalue weighted by molar-refractivity contribution is 9.11. The lowest BCUT2D eigenvalue weighted by Gasteiger charge is -2.05. The summed E-state index contributed by atoms with van der Waals surface area (Å²) in [7, 11) is 0. The topological polar surface area (TPSA) is 70.9 Å². The molecule has 0 aliphatic rings. The molecule has 2 N–H and O–H groups in total. The number of hydrogen-bond acceptors (Lipinski definition) is 4. The summed E-state index contributed by atoms with van der Waals surface area (Å²) >= 11 is 14.0. The maximum atomic E-state index is 12.1. The molecule has 0 amide bonds. The van der Waals surface area contributed by atoms with E-state index in [1.807, 2.05) is 11.4 Å². The van der Waals surface area contributed by atoms with E-state index in [2.05, 4.69) is 41.9 Å². The average molecular weight is 452 g/mol. The predicted molar refractivity (Wildman–Crippen MR) is 89.6 cm³/mol. The highest BCUT2D eigenvalue weighted by atomic mass is 79.9. The highest BCUT2D eigenvalue weighted by Crippen LogP contribution is 2.33. The number of rotatable bonds is 2. The van der Waals surface area contributed by atoms with E-state index < -0.39 is 5.69 Å². The first-order valence-corrected chi connectivity index (χ1v) is 8.42. The number of H-pyrrole nitrogens is 1. The fraction of sp³-hybridized carbons (Fsp3) is 0. The van der Waals surface area contributed by atoms with Gasteiger partial charge in [0.25, 0.3) is 0 Å². The van der Waals surface area contributed by atoms with Gasteiger partial charge < -0.3 is 5.11 Å². The van der Waals surface area contributed by atoms with E-state index >= 15 is 0 Å². The van der Waals surface area contributed by atoms with Gasteiger partial charge in [-0.15, -0.1) is 16.4 Å². The summed E-state index contributed by atoms with van der Waals surface area (Å²) in [6, 6.07) is 4.85. The van der Waals surface area contributed by atoms with Crippen LogP contribution in [0.3, 0.4) is 0 Å².